The van der Waals surface area contributed by atoms with Crippen LogP contribution in [-0.4, -0.2) is 44.7 Å². The quantitative estimate of drug-likeness (QED) is 0.440. The maximum atomic E-state index is 5.48. The molecule has 2 N–H and O–H groups in total. The number of nitrogens with zero attached hydrogens (tertiary/aromatic N) is 2. The number of fused-ring (bicyclic) bond motifs is 1. The molecule has 28 heavy (non-hydrogen) atoms. The monoisotopic (exact) mass is 380 g/mol. The molecule has 0 aromatic heterocycles. The van der Waals surface area contributed by atoms with Crippen LogP contribution in [0.1, 0.15) is 28.7 Å². The molecule has 5 nitrogen and oxygen atoms in total. The van der Waals surface area contributed by atoms with Crippen molar-refractivity contribution in [1.29, 1.82) is 0 Å². The number of aryl methyl sites for hydroxylation is 1. The Balaban J connectivity index is 1.39. The minimum atomic E-state index is 0.687. The van der Waals surface area contributed by atoms with E-state index in [9.17, 15) is 0 Å². The highest BCUT2D eigenvalue weighted by Gasteiger charge is 2.14. The van der Waals surface area contributed by atoms with Gasteiger partial charge in [-0.2, -0.15) is 0 Å². The Labute approximate surface area is 168 Å². The zero-order valence-corrected chi connectivity index (χ0v) is 17.3. The third-order valence-corrected chi connectivity index (χ3v) is 5.27. The molecule has 2 aromatic rings. The second kappa shape index (κ2) is 10.1. The highest BCUT2D eigenvalue weighted by atomic mass is 16.5. The summed E-state index contributed by atoms with van der Waals surface area (Å²) in [5, 5.41) is 6.80. The Morgan fingerprint density at radius 2 is 1.96 bits per heavy atom. The summed E-state index contributed by atoms with van der Waals surface area (Å²) >= 11 is 0. The molecule has 1 heterocycles. The van der Waals surface area contributed by atoms with Crippen molar-refractivity contribution >= 4 is 5.96 Å². The largest absolute Gasteiger partial charge is 0.496 e. The molecule has 0 saturated heterocycles. The summed E-state index contributed by atoms with van der Waals surface area (Å²) in [6.45, 7) is 6.98. The van der Waals surface area contributed by atoms with Crippen LogP contribution in [0.25, 0.3) is 0 Å². The number of hydrogen-bond acceptors (Lipinski definition) is 3. The maximum Gasteiger partial charge on any atom is 0.191 e. The molecule has 1 aliphatic heterocycles. The van der Waals surface area contributed by atoms with Gasteiger partial charge in [0.1, 0.15) is 5.75 Å². The van der Waals surface area contributed by atoms with Crippen molar-refractivity contribution in [2.45, 2.75) is 32.9 Å². The number of methoxy groups -OCH3 is 1. The lowest BCUT2D eigenvalue weighted by Crippen LogP contribution is -2.39. The van der Waals surface area contributed by atoms with Gasteiger partial charge in [-0.1, -0.05) is 36.4 Å². The van der Waals surface area contributed by atoms with Crippen LogP contribution in [0.2, 0.25) is 0 Å². The lowest BCUT2D eigenvalue weighted by atomic mass is 10.00. The lowest BCUT2D eigenvalue weighted by Gasteiger charge is -2.28. The fourth-order valence-corrected chi connectivity index (χ4v) is 3.65. The Kier molecular flexibility index (Phi) is 7.31. The first-order chi connectivity index (χ1) is 13.7. The average Bonchev–Trinajstić information content (AvgIpc) is 2.73. The van der Waals surface area contributed by atoms with E-state index in [1.165, 1.54) is 16.7 Å². The van der Waals surface area contributed by atoms with Crippen LogP contribution >= 0.6 is 0 Å². The molecule has 0 saturated carbocycles. The predicted octanol–water partition coefficient (Wildman–Crippen LogP) is 3.12. The number of hydrogen-bond donors (Lipinski definition) is 2. The third-order valence-electron chi connectivity index (χ3n) is 5.27. The molecule has 0 bridgehead atoms. The second-order valence-corrected chi connectivity index (χ2v) is 7.32. The molecule has 0 aliphatic carbocycles. The molecule has 0 unspecified atom stereocenters. The SMILES string of the molecule is CN=C(NCCCN1CCc2ccccc2C1)NCc1ccc(C)cc1OC. The van der Waals surface area contributed by atoms with E-state index < -0.39 is 0 Å². The zero-order chi connectivity index (χ0) is 19.8. The van der Waals surface area contributed by atoms with E-state index in [1.54, 1.807) is 7.11 Å². The van der Waals surface area contributed by atoms with Gasteiger partial charge in [0.25, 0.3) is 0 Å². The van der Waals surface area contributed by atoms with Gasteiger partial charge in [0.2, 0.25) is 0 Å². The smallest absolute Gasteiger partial charge is 0.191 e. The maximum absolute atomic E-state index is 5.48. The number of benzene rings is 2. The van der Waals surface area contributed by atoms with Gasteiger partial charge < -0.3 is 15.4 Å². The van der Waals surface area contributed by atoms with Crippen molar-refractivity contribution in [1.82, 2.24) is 15.5 Å². The first-order valence-corrected chi connectivity index (χ1v) is 10.1. The normalized spacial score (nSPS) is 14.5. The number of rotatable bonds is 7. The summed E-state index contributed by atoms with van der Waals surface area (Å²) < 4.78 is 5.48. The molecule has 3 rings (SSSR count). The second-order valence-electron chi connectivity index (χ2n) is 7.32. The molecule has 0 amide bonds. The molecule has 0 spiro atoms. The predicted molar refractivity (Wildman–Crippen MR) is 116 cm³/mol. The van der Waals surface area contributed by atoms with Crippen molar-refractivity contribution in [2.75, 3.05) is 33.8 Å². The van der Waals surface area contributed by atoms with E-state index in [1.807, 2.05) is 7.05 Å². The van der Waals surface area contributed by atoms with Crippen LogP contribution in [-0.2, 0) is 19.5 Å². The molecule has 5 heteroatoms. The van der Waals surface area contributed by atoms with E-state index in [-0.39, 0.29) is 0 Å². The van der Waals surface area contributed by atoms with Gasteiger partial charge in [0.05, 0.1) is 7.11 Å². The molecular formula is C23H32N4O. The third kappa shape index (κ3) is 5.49. The van der Waals surface area contributed by atoms with Gasteiger partial charge in [0.15, 0.2) is 5.96 Å². The van der Waals surface area contributed by atoms with Gasteiger partial charge in [-0.15, -0.1) is 0 Å². The zero-order valence-electron chi connectivity index (χ0n) is 17.3. The number of aliphatic imine (C=N–C) groups is 1. The Morgan fingerprint density at radius 3 is 2.75 bits per heavy atom. The Bertz CT molecular complexity index is 803. The molecule has 2 aromatic carbocycles. The summed E-state index contributed by atoms with van der Waals surface area (Å²) in [5.41, 5.74) is 5.31. The summed E-state index contributed by atoms with van der Waals surface area (Å²) in [6, 6.07) is 15.1. The number of guanidine groups is 1. The van der Waals surface area contributed by atoms with Gasteiger partial charge >= 0.3 is 0 Å². The van der Waals surface area contributed by atoms with E-state index in [2.05, 4.69) is 69.9 Å². The fraction of sp³-hybridized carbons (Fsp3) is 0.435. The molecule has 0 atom stereocenters. The van der Waals surface area contributed by atoms with Crippen molar-refractivity contribution in [3.63, 3.8) is 0 Å². The van der Waals surface area contributed by atoms with Gasteiger partial charge in [-0.3, -0.25) is 9.89 Å². The summed E-state index contributed by atoms with van der Waals surface area (Å²) in [7, 11) is 3.52. The first-order valence-electron chi connectivity index (χ1n) is 10.1. The van der Waals surface area contributed by atoms with Crippen LogP contribution < -0.4 is 15.4 Å². The summed E-state index contributed by atoms with van der Waals surface area (Å²) in [6.07, 6.45) is 2.25. The standard InChI is InChI=1S/C23H32N4O/c1-18-9-10-20(22(15-18)28-3)16-26-23(24-2)25-12-6-13-27-14-11-19-7-4-5-8-21(19)17-27/h4-5,7-10,15H,6,11-14,16-17H2,1-3H3,(H2,24,25,26). The van der Waals surface area contributed by atoms with E-state index >= 15 is 0 Å². The first kappa shape index (κ1) is 20.2. The molecular weight excluding hydrogens is 348 g/mol. The van der Waals surface area contributed by atoms with E-state index in [0.717, 1.165) is 56.3 Å². The average molecular weight is 381 g/mol. The van der Waals surface area contributed by atoms with E-state index in [0.29, 0.717) is 6.54 Å². The van der Waals surface area contributed by atoms with Crippen LogP contribution in [0.3, 0.4) is 0 Å². The van der Waals surface area contributed by atoms with Crippen molar-refractivity contribution in [3.05, 3.63) is 64.7 Å². The molecule has 0 fully saturated rings. The van der Waals surface area contributed by atoms with Gasteiger partial charge in [-0.25, -0.2) is 0 Å². The number of ether oxygens (including phenoxy) is 1. The van der Waals surface area contributed by atoms with Crippen molar-refractivity contribution in [2.24, 2.45) is 4.99 Å². The highest BCUT2D eigenvalue weighted by Crippen LogP contribution is 2.20. The van der Waals surface area contributed by atoms with Crippen LogP contribution in [0, 0.1) is 6.92 Å². The molecule has 0 radical (unpaired) electrons. The summed E-state index contributed by atoms with van der Waals surface area (Å²) in [5.74, 6) is 1.74. The van der Waals surface area contributed by atoms with Crippen molar-refractivity contribution in [3.8, 4) is 5.75 Å². The Hall–Kier alpha value is -2.53. The van der Waals surface area contributed by atoms with Gasteiger partial charge in [0, 0.05) is 45.3 Å². The Morgan fingerprint density at radius 1 is 1.14 bits per heavy atom. The summed E-state index contributed by atoms with van der Waals surface area (Å²) in [4.78, 5) is 6.87. The molecule has 1 aliphatic rings. The van der Waals surface area contributed by atoms with Crippen LogP contribution in [0.5, 0.6) is 5.75 Å². The van der Waals surface area contributed by atoms with Crippen LogP contribution in [0.4, 0.5) is 0 Å². The van der Waals surface area contributed by atoms with Crippen molar-refractivity contribution < 1.29 is 4.74 Å². The minimum Gasteiger partial charge on any atom is -0.496 e. The minimum absolute atomic E-state index is 0.687. The van der Waals surface area contributed by atoms with Gasteiger partial charge in [-0.05, 0) is 42.5 Å². The number of nitrogens with one attached hydrogen (secondary N) is 2. The van der Waals surface area contributed by atoms with Crippen LogP contribution in [0.15, 0.2) is 47.5 Å². The topological polar surface area (TPSA) is 48.9 Å². The fourth-order valence-electron chi connectivity index (χ4n) is 3.65. The van der Waals surface area contributed by atoms with E-state index in [4.69, 9.17) is 4.74 Å². The lowest BCUT2D eigenvalue weighted by molar-refractivity contribution is 0.251. The highest BCUT2D eigenvalue weighted by molar-refractivity contribution is 5.79. The molecule has 150 valence electrons.